The Morgan fingerprint density at radius 3 is 2.11 bits per heavy atom. The molecule has 0 aliphatic rings. The lowest BCUT2D eigenvalue weighted by atomic mass is 10.1. The van der Waals surface area contributed by atoms with Crippen molar-refractivity contribution in [1.29, 1.82) is 0 Å². The Morgan fingerprint density at radius 1 is 0.895 bits per heavy atom. The predicted molar refractivity (Wildman–Crippen MR) is 68.0 cm³/mol. The summed E-state index contributed by atoms with van der Waals surface area (Å²) in [5.41, 5.74) is 0.435. The first kappa shape index (κ1) is 13.6. The van der Waals surface area contributed by atoms with Crippen LogP contribution in [0.4, 0.5) is 13.2 Å². The second-order valence-electron chi connectivity index (χ2n) is 4.32. The summed E-state index contributed by atoms with van der Waals surface area (Å²) in [6, 6.07) is 9.71. The van der Waals surface area contributed by atoms with Gasteiger partial charge in [0.05, 0.1) is 0 Å². The molecule has 2 aromatic carbocycles. The lowest BCUT2D eigenvalue weighted by Crippen LogP contribution is -2.20. The van der Waals surface area contributed by atoms with Gasteiger partial charge in [-0.2, -0.15) is 0 Å². The minimum absolute atomic E-state index is 0.00794. The van der Waals surface area contributed by atoms with Crippen LogP contribution >= 0.6 is 0 Å². The van der Waals surface area contributed by atoms with Crippen LogP contribution in [0.25, 0.3) is 0 Å². The Bertz CT molecular complexity index is 549. The Morgan fingerprint density at radius 2 is 1.47 bits per heavy atom. The number of halogens is 3. The van der Waals surface area contributed by atoms with Crippen molar-refractivity contribution in [3.05, 3.63) is 71.0 Å². The molecule has 0 saturated heterocycles. The third kappa shape index (κ3) is 3.15. The minimum Gasteiger partial charge on any atom is -0.306 e. The molecule has 1 atom stereocenters. The van der Waals surface area contributed by atoms with E-state index in [1.807, 2.05) is 0 Å². The van der Waals surface area contributed by atoms with Crippen molar-refractivity contribution < 1.29 is 13.2 Å². The van der Waals surface area contributed by atoms with Crippen molar-refractivity contribution in [2.45, 2.75) is 19.5 Å². The quantitative estimate of drug-likeness (QED) is 0.882. The van der Waals surface area contributed by atoms with Gasteiger partial charge in [-0.05, 0) is 25.1 Å². The lowest BCUT2D eigenvalue weighted by Gasteiger charge is -2.15. The highest BCUT2D eigenvalue weighted by Gasteiger charge is 2.12. The number of rotatable bonds is 4. The summed E-state index contributed by atoms with van der Waals surface area (Å²) in [6.07, 6.45) is 0. The summed E-state index contributed by atoms with van der Waals surface area (Å²) in [6.45, 7) is 1.76. The van der Waals surface area contributed by atoms with Crippen LogP contribution in [0.15, 0.2) is 42.5 Å². The minimum atomic E-state index is -0.603. The highest BCUT2D eigenvalue weighted by molar-refractivity contribution is 5.22. The summed E-state index contributed by atoms with van der Waals surface area (Å²) in [4.78, 5) is 0. The molecule has 4 heteroatoms. The molecule has 0 fully saturated rings. The lowest BCUT2D eigenvalue weighted by molar-refractivity contribution is 0.494. The van der Waals surface area contributed by atoms with Gasteiger partial charge in [0.15, 0.2) is 0 Å². The highest BCUT2D eigenvalue weighted by atomic mass is 19.1. The molecule has 0 bridgehead atoms. The summed E-state index contributed by atoms with van der Waals surface area (Å²) >= 11 is 0. The topological polar surface area (TPSA) is 12.0 Å². The standard InChI is InChI=1S/C15H14F3N/c1-10(11-5-2-3-6-13(11)16)19-9-12-14(17)7-4-8-15(12)18/h2-8,10,19H,9H2,1H3. The molecule has 1 N–H and O–H groups in total. The second kappa shape index (κ2) is 5.89. The van der Waals surface area contributed by atoms with E-state index in [0.29, 0.717) is 5.56 Å². The van der Waals surface area contributed by atoms with E-state index in [0.717, 1.165) is 0 Å². The fraction of sp³-hybridized carbons (Fsp3) is 0.200. The third-order valence-electron chi connectivity index (χ3n) is 3.02. The smallest absolute Gasteiger partial charge is 0.130 e. The monoisotopic (exact) mass is 265 g/mol. The van der Waals surface area contributed by atoms with Crippen LogP contribution in [-0.2, 0) is 6.54 Å². The van der Waals surface area contributed by atoms with Crippen molar-refractivity contribution in [2.24, 2.45) is 0 Å². The molecule has 0 amide bonds. The van der Waals surface area contributed by atoms with Gasteiger partial charge in [-0.3, -0.25) is 0 Å². The summed E-state index contributed by atoms with van der Waals surface area (Å²) in [5.74, 6) is -1.54. The Kier molecular flexibility index (Phi) is 4.22. The number of nitrogens with one attached hydrogen (secondary N) is 1. The van der Waals surface area contributed by atoms with Crippen molar-refractivity contribution in [2.75, 3.05) is 0 Å². The molecule has 100 valence electrons. The van der Waals surface area contributed by atoms with Crippen molar-refractivity contribution in [3.8, 4) is 0 Å². The summed E-state index contributed by atoms with van der Waals surface area (Å²) in [7, 11) is 0. The number of hydrogen-bond acceptors (Lipinski definition) is 1. The van der Waals surface area contributed by atoms with Crippen LogP contribution in [0.3, 0.4) is 0 Å². The van der Waals surface area contributed by atoms with Gasteiger partial charge < -0.3 is 5.32 Å². The molecule has 0 radical (unpaired) electrons. The van der Waals surface area contributed by atoms with Crippen LogP contribution in [-0.4, -0.2) is 0 Å². The average molecular weight is 265 g/mol. The number of benzene rings is 2. The van der Waals surface area contributed by atoms with Gasteiger partial charge in [-0.15, -0.1) is 0 Å². The first-order valence-corrected chi connectivity index (χ1v) is 6.00. The molecular weight excluding hydrogens is 251 g/mol. The van der Waals surface area contributed by atoms with Gasteiger partial charge in [-0.25, -0.2) is 13.2 Å². The molecule has 0 saturated carbocycles. The maximum Gasteiger partial charge on any atom is 0.130 e. The maximum absolute atomic E-state index is 13.5. The van der Waals surface area contributed by atoms with E-state index < -0.39 is 11.6 Å². The third-order valence-corrected chi connectivity index (χ3v) is 3.02. The molecule has 2 aromatic rings. The Hall–Kier alpha value is -1.81. The van der Waals surface area contributed by atoms with Gasteiger partial charge in [0.2, 0.25) is 0 Å². The molecule has 2 rings (SSSR count). The van der Waals surface area contributed by atoms with Crippen LogP contribution < -0.4 is 5.32 Å². The molecule has 1 nitrogen and oxygen atoms in total. The average Bonchev–Trinajstić information content (AvgIpc) is 2.38. The predicted octanol–water partition coefficient (Wildman–Crippen LogP) is 3.95. The van der Waals surface area contributed by atoms with E-state index in [-0.39, 0.29) is 24.0 Å². The molecule has 0 aromatic heterocycles. The Labute approximate surface area is 110 Å². The van der Waals surface area contributed by atoms with Gasteiger partial charge in [0.25, 0.3) is 0 Å². The van der Waals surface area contributed by atoms with E-state index in [2.05, 4.69) is 5.32 Å². The van der Waals surface area contributed by atoms with Crippen LogP contribution in [0, 0.1) is 17.5 Å². The maximum atomic E-state index is 13.5. The normalized spacial score (nSPS) is 12.4. The molecule has 0 spiro atoms. The molecular formula is C15H14F3N. The first-order valence-electron chi connectivity index (χ1n) is 6.00. The fourth-order valence-electron chi connectivity index (χ4n) is 1.89. The zero-order valence-corrected chi connectivity index (χ0v) is 10.5. The molecule has 0 aliphatic heterocycles. The van der Waals surface area contributed by atoms with Gasteiger partial charge in [0.1, 0.15) is 17.5 Å². The first-order chi connectivity index (χ1) is 9.09. The molecule has 0 heterocycles. The molecule has 19 heavy (non-hydrogen) atoms. The van der Waals surface area contributed by atoms with E-state index in [1.165, 1.54) is 24.3 Å². The van der Waals surface area contributed by atoms with E-state index in [9.17, 15) is 13.2 Å². The van der Waals surface area contributed by atoms with E-state index in [4.69, 9.17) is 0 Å². The summed E-state index contributed by atoms with van der Waals surface area (Å²) < 4.78 is 40.4. The SMILES string of the molecule is CC(NCc1c(F)cccc1F)c1ccccc1F. The zero-order valence-electron chi connectivity index (χ0n) is 10.5. The van der Waals surface area contributed by atoms with Crippen LogP contribution in [0.1, 0.15) is 24.1 Å². The van der Waals surface area contributed by atoms with Crippen LogP contribution in [0.5, 0.6) is 0 Å². The molecule has 0 aliphatic carbocycles. The van der Waals surface area contributed by atoms with E-state index >= 15 is 0 Å². The van der Waals surface area contributed by atoms with Crippen molar-refractivity contribution in [1.82, 2.24) is 5.32 Å². The molecule has 1 unspecified atom stereocenters. The highest BCUT2D eigenvalue weighted by Crippen LogP contribution is 2.18. The largest absolute Gasteiger partial charge is 0.306 e. The van der Waals surface area contributed by atoms with E-state index in [1.54, 1.807) is 25.1 Å². The van der Waals surface area contributed by atoms with Crippen LogP contribution in [0.2, 0.25) is 0 Å². The van der Waals surface area contributed by atoms with Crippen molar-refractivity contribution in [3.63, 3.8) is 0 Å². The zero-order chi connectivity index (χ0) is 13.8. The van der Waals surface area contributed by atoms with Gasteiger partial charge in [0, 0.05) is 23.7 Å². The van der Waals surface area contributed by atoms with Gasteiger partial charge in [-0.1, -0.05) is 24.3 Å². The summed E-state index contributed by atoms with van der Waals surface area (Å²) in [5, 5.41) is 2.92. The number of hydrogen-bond donors (Lipinski definition) is 1. The van der Waals surface area contributed by atoms with Gasteiger partial charge >= 0.3 is 0 Å². The fourth-order valence-corrected chi connectivity index (χ4v) is 1.89. The second-order valence-corrected chi connectivity index (χ2v) is 4.32. The Balaban J connectivity index is 2.09. The van der Waals surface area contributed by atoms with Crippen molar-refractivity contribution >= 4 is 0 Å².